The molecule has 0 aliphatic carbocycles. The normalized spacial score (nSPS) is 10.6. The number of fused-ring (bicyclic) bond motifs is 1. The molecule has 0 spiro atoms. The minimum absolute atomic E-state index is 0.0719. The van der Waals surface area contributed by atoms with Gasteiger partial charge in [0, 0.05) is 28.6 Å². The van der Waals surface area contributed by atoms with E-state index in [1.165, 1.54) is 25.3 Å². The number of methoxy groups -OCH3 is 1. The molecule has 3 N–H and O–H groups in total. The van der Waals surface area contributed by atoms with Crippen molar-refractivity contribution in [3.63, 3.8) is 0 Å². The molecule has 2 aromatic carbocycles. The van der Waals surface area contributed by atoms with E-state index in [0.29, 0.717) is 16.5 Å². The Morgan fingerprint density at radius 1 is 1.26 bits per heavy atom. The van der Waals surface area contributed by atoms with E-state index in [9.17, 15) is 24.8 Å². The first-order valence-corrected chi connectivity index (χ1v) is 7.86. The number of amides is 1. The van der Waals surface area contributed by atoms with Crippen molar-refractivity contribution in [2.45, 2.75) is 6.42 Å². The number of nitro benzene ring substituents is 1. The lowest BCUT2D eigenvalue weighted by atomic mass is 10.1. The lowest BCUT2D eigenvalue weighted by molar-refractivity contribution is -0.384. The van der Waals surface area contributed by atoms with Crippen LogP contribution in [0.25, 0.3) is 10.9 Å². The molecule has 3 aromatic rings. The number of nitro groups is 1. The molecule has 0 radical (unpaired) electrons. The van der Waals surface area contributed by atoms with E-state index < -0.39 is 16.8 Å². The van der Waals surface area contributed by atoms with Crippen molar-refractivity contribution >= 4 is 34.2 Å². The Balaban J connectivity index is 1.92. The van der Waals surface area contributed by atoms with Gasteiger partial charge in [-0.3, -0.25) is 14.9 Å². The number of nitrogens with zero attached hydrogens (tertiary/aromatic N) is 1. The highest BCUT2D eigenvalue weighted by atomic mass is 16.6. The maximum Gasteiger partial charge on any atom is 0.352 e. The van der Waals surface area contributed by atoms with Gasteiger partial charge in [-0.15, -0.1) is 0 Å². The monoisotopic (exact) mass is 369 g/mol. The summed E-state index contributed by atoms with van der Waals surface area (Å²) >= 11 is 0. The first kappa shape index (κ1) is 17.9. The molecule has 9 nitrogen and oxygen atoms in total. The molecule has 0 bridgehead atoms. The second-order valence-corrected chi connectivity index (χ2v) is 5.70. The predicted octanol–water partition coefficient (Wildman–Crippen LogP) is 2.96. The summed E-state index contributed by atoms with van der Waals surface area (Å²) in [6, 6.07) is 10.7. The summed E-state index contributed by atoms with van der Waals surface area (Å²) < 4.78 is 5.11. The molecule has 0 fully saturated rings. The maximum absolute atomic E-state index is 12.5. The van der Waals surface area contributed by atoms with Gasteiger partial charge >= 0.3 is 5.97 Å². The fourth-order valence-corrected chi connectivity index (χ4v) is 2.83. The fraction of sp³-hybridized carbons (Fsp3) is 0.111. The zero-order valence-corrected chi connectivity index (χ0v) is 14.2. The Labute approximate surface area is 152 Å². The molecule has 1 amide bonds. The van der Waals surface area contributed by atoms with Crippen LogP contribution in [0.15, 0.2) is 42.5 Å². The van der Waals surface area contributed by atoms with Crippen LogP contribution in [0.2, 0.25) is 0 Å². The number of carboxylic acid groups (broad SMARTS) is 1. The number of hydrogen-bond acceptors (Lipinski definition) is 5. The Kier molecular flexibility index (Phi) is 4.75. The summed E-state index contributed by atoms with van der Waals surface area (Å²) in [4.78, 5) is 37.1. The van der Waals surface area contributed by atoms with Crippen LogP contribution in [0, 0.1) is 10.1 Å². The van der Waals surface area contributed by atoms with Crippen molar-refractivity contribution in [2.24, 2.45) is 0 Å². The third-order valence-corrected chi connectivity index (χ3v) is 4.03. The van der Waals surface area contributed by atoms with Gasteiger partial charge in [0.15, 0.2) is 0 Å². The highest BCUT2D eigenvalue weighted by molar-refractivity contribution is 6.02. The third kappa shape index (κ3) is 3.56. The fourth-order valence-electron chi connectivity index (χ4n) is 2.83. The third-order valence-electron chi connectivity index (χ3n) is 4.03. The van der Waals surface area contributed by atoms with Gasteiger partial charge in [0.05, 0.1) is 24.1 Å². The molecule has 0 atom stereocenters. The molecule has 0 aliphatic rings. The Morgan fingerprint density at radius 2 is 2.00 bits per heavy atom. The van der Waals surface area contributed by atoms with E-state index in [0.717, 1.165) is 0 Å². The largest absolute Gasteiger partial charge is 0.495 e. The summed E-state index contributed by atoms with van der Waals surface area (Å²) in [5.41, 5.74) is 0.792. The molecule has 1 heterocycles. The van der Waals surface area contributed by atoms with Crippen LogP contribution in [0.4, 0.5) is 11.4 Å². The average Bonchev–Trinajstić information content (AvgIpc) is 3.00. The smallest absolute Gasteiger partial charge is 0.352 e. The zero-order chi connectivity index (χ0) is 19.6. The molecule has 9 heteroatoms. The van der Waals surface area contributed by atoms with Gasteiger partial charge in [-0.1, -0.05) is 18.2 Å². The first-order chi connectivity index (χ1) is 12.9. The van der Waals surface area contributed by atoms with Gasteiger partial charge in [0.25, 0.3) is 5.69 Å². The summed E-state index contributed by atoms with van der Waals surface area (Å²) in [6.45, 7) is 0. The number of anilines is 1. The van der Waals surface area contributed by atoms with Crippen molar-refractivity contribution in [2.75, 3.05) is 12.4 Å². The van der Waals surface area contributed by atoms with E-state index in [2.05, 4.69) is 10.3 Å². The molecule has 138 valence electrons. The van der Waals surface area contributed by atoms with Crippen molar-refractivity contribution in [3.05, 3.63) is 63.8 Å². The number of benzene rings is 2. The van der Waals surface area contributed by atoms with E-state index in [-0.39, 0.29) is 29.2 Å². The van der Waals surface area contributed by atoms with Gasteiger partial charge in [0.1, 0.15) is 11.4 Å². The number of nitrogens with one attached hydrogen (secondary N) is 2. The van der Waals surface area contributed by atoms with Crippen molar-refractivity contribution in [1.29, 1.82) is 0 Å². The number of carboxylic acids is 1. The van der Waals surface area contributed by atoms with E-state index in [4.69, 9.17) is 4.74 Å². The SMILES string of the molecule is COc1ccc([N+](=O)[O-])cc1NC(=O)Cc1c(C(=O)O)[nH]c2ccccc12. The van der Waals surface area contributed by atoms with Gasteiger partial charge < -0.3 is 20.1 Å². The number of ether oxygens (including phenoxy) is 1. The summed E-state index contributed by atoms with van der Waals surface area (Å²) in [5.74, 6) is -1.45. The van der Waals surface area contributed by atoms with Crippen LogP contribution in [0.1, 0.15) is 16.1 Å². The highest BCUT2D eigenvalue weighted by Gasteiger charge is 2.20. The van der Waals surface area contributed by atoms with Crippen molar-refractivity contribution in [3.8, 4) is 5.75 Å². The Morgan fingerprint density at radius 3 is 2.67 bits per heavy atom. The van der Waals surface area contributed by atoms with E-state index in [1.807, 2.05) is 0 Å². The molecule has 1 aromatic heterocycles. The van der Waals surface area contributed by atoms with Gasteiger partial charge in [-0.05, 0) is 12.1 Å². The van der Waals surface area contributed by atoms with Crippen LogP contribution in [-0.4, -0.2) is 34.0 Å². The average molecular weight is 369 g/mol. The van der Waals surface area contributed by atoms with Crippen LogP contribution in [0.3, 0.4) is 0 Å². The van der Waals surface area contributed by atoms with Gasteiger partial charge in [0.2, 0.25) is 5.91 Å². The molecular formula is C18H15N3O6. The maximum atomic E-state index is 12.5. The number of aromatic nitrogens is 1. The van der Waals surface area contributed by atoms with Crippen LogP contribution < -0.4 is 10.1 Å². The summed E-state index contributed by atoms with van der Waals surface area (Å²) in [7, 11) is 1.37. The number of para-hydroxylation sites is 1. The van der Waals surface area contributed by atoms with Crippen LogP contribution in [-0.2, 0) is 11.2 Å². The Bertz CT molecular complexity index is 1060. The Hall–Kier alpha value is -3.88. The van der Waals surface area contributed by atoms with Crippen LogP contribution >= 0.6 is 0 Å². The molecule has 0 unspecified atom stereocenters. The number of aromatic carboxylic acids is 1. The molecule has 3 rings (SSSR count). The second-order valence-electron chi connectivity index (χ2n) is 5.70. The number of carbonyl (C=O) groups excluding carboxylic acids is 1. The number of non-ortho nitro benzene ring substituents is 1. The number of H-pyrrole nitrogens is 1. The lowest BCUT2D eigenvalue weighted by Gasteiger charge is -2.10. The molecule has 27 heavy (non-hydrogen) atoms. The second kappa shape index (κ2) is 7.16. The molecule has 0 saturated heterocycles. The minimum atomic E-state index is -1.18. The van der Waals surface area contributed by atoms with E-state index >= 15 is 0 Å². The highest BCUT2D eigenvalue weighted by Crippen LogP contribution is 2.29. The quantitative estimate of drug-likeness (QED) is 0.452. The number of rotatable bonds is 6. The molecular weight excluding hydrogens is 354 g/mol. The standard InChI is InChI=1S/C18H15N3O6/c1-27-15-7-6-10(21(25)26)8-14(15)19-16(22)9-12-11-4-2-3-5-13(11)20-17(12)18(23)24/h2-8,20H,9H2,1H3,(H,19,22)(H,23,24). The van der Waals surface area contributed by atoms with Crippen molar-refractivity contribution < 1.29 is 24.4 Å². The summed E-state index contributed by atoms with van der Waals surface area (Å²) in [6.07, 6.45) is -0.225. The van der Waals surface area contributed by atoms with Crippen molar-refractivity contribution in [1.82, 2.24) is 4.98 Å². The lowest BCUT2D eigenvalue weighted by Crippen LogP contribution is -2.16. The van der Waals surface area contributed by atoms with Gasteiger partial charge in [-0.25, -0.2) is 4.79 Å². The number of aromatic amines is 1. The summed E-state index contributed by atoms with van der Waals surface area (Å²) in [5, 5.41) is 23.5. The topological polar surface area (TPSA) is 135 Å². The molecule has 0 saturated carbocycles. The first-order valence-electron chi connectivity index (χ1n) is 7.86. The number of hydrogen-bond donors (Lipinski definition) is 3. The zero-order valence-electron chi connectivity index (χ0n) is 14.2. The van der Waals surface area contributed by atoms with Gasteiger partial charge in [-0.2, -0.15) is 0 Å². The predicted molar refractivity (Wildman–Crippen MR) is 97.2 cm³/mol. The number of carbonyl (C=O) groups is 2. The minimum Gasteiger partial charge on any atom is -0.495 e. The van der Waals surface area contributed by atoms with Crippen LogP contribution in [0.5, 0.6) is 5.75 Å². The molecule has 0 aliphatic heterocycles. The van der Waals surface area contributed by atoms with E-state index in [1.54, 1.807) is 24.3 Å².